The molecule has 1 atom stereocenters. The average molecular weight is 358 g/mol. The van der Waals surface area contributed by atoms with Crippen LogP contribution in [-0.2, 0) is 4.79 Å². The monoisotopic (exact) mass is 358 g/mol. The van der Waals surface area contributed by atoms with Gasteiger partial charge < -0.3 is 19.9 Å². The fraction of sp³-hybridized carbons (Fsp3) is 0.600. The van der Waals surface area contributed by atoms with E-state index in [0.29, 0.717) is 12.5 Å². The van der Waals surface area contributed by atoms with Crippen LogP contribution in [0.3, 0.4) is 0 Å². The zero-order valence-corrected chi connectivity index (χ0v) is 15.6. The molecule has 1 aromatic rings. The van der Waals surface area contributed by atoms with Crippen molar-refractivity contribution in [2.75, 3.05) is 45.9 Å². The Balaban J connectivity index is 1.33. The van der Waals surface area contributed by atoms with E-state index in [1.54, 1.807) is 0 Å². The number of benzene rings is 1. The lowest BCUT2D eigenvalue weighted by molar-refractivity contribution is -1.01. The van der Waals surface area contributed by atoms with E-state index in [1.165, 1.54) is 9.80 Å². The summed E-state index contributed by atoms with van der Waals surface area (Å²) in [5.74, 6) is 1.26. The number of carbonyl (C=O) groups is 1. The summed E-state index contributed by atoms with van der Waals surface area (Å²) < 4.78 is 5.77. The van der Waals surface area contributed by atoms with Gasteiger partial charge in [0, 0.05) is 0 Å². The predicted octanol–water partition coefficient (Wildman–Crippen LogP) is -1.34. The van der Waals surface area contributed by atoms with E-state index in [1.807, 2.05) is 37.3 Å². The van der Waals surface area contributed by atoms with E-state index in [0.717, 1.165) is 57.9 Å². The minimum Gasteiger partial charge on any atom is -0.488 e. The number of para-hydroxylation sites is 1. The summed E-state index contributed by atoms with van der Waals surface area (Å²) in [6.07, 6.45) is 2.09. The highest BCUT2D eigenvalue weighted by atomic mass is 16.5. The summed E-state index contributed by atoms with van der Waals surface area (Å²) in [6, 6.07) is 12.2. The van der Waals surface area contributed by atoms with Gasteiger partial charge in [0.1, 0.15) is 50.6 Å². The molecule has 2 aliphatic rings. The molecule has 140 valence electrons. The molecule has 3 N–H and O–H groups in total. The van der Waals surface area contributed by atoms with Crippen LogP contribution in [0.15, 0.2) is 30.3 Å². The van der Waals surface area contributed by atoms with Crippen LogP contribution in [0, 0.1) is 17.2 Å². The highest BCUT2D eigenvalue weighted by molar-refractivity contribution is 5.78. The Labute approximate surface area is 155 Å². The number of quaternary nitrogens is 2. The first-order valence-electron chi connectivity index (χ1n) is 9.66. The zero-order chi connectivity index (χ0) is 18.4. The highest BCUT2D eigenvalue weighted by Gasteiger charge is 2.43. The minimum absolute atomic E-state index is 0.00631. The van der Waals surface area contributed by atoms with Gasteiger partial charge in [-0.05, 0) is 37.8 Å². The molecule has 6 nitrogen and oxygen atoms in total. The largest absolute Gasteiger partial charge is 0.488 e. The van der Waals surface area contributed by atoms with Crippen molar-refractivity contribution in [2.24, 2.45) is 5.92 Å². The summed E-state index contributed by atoms with van der Waals surface area (Å²) in [5, 5.41) is 12.3. The first-order valence-corrected chi connectivity index (χ1v) is 9.66. The topological polar surface area (TPSA) is 71.0 Å². The standard InChI is InChI=1S/C20H28N4O2/c1-20(16-21,17-7-8-17)22-19(25)15-24-11-9-23(10-12-24)13-14-26-18-5-3-2-4-6-18/h2-6,17H,7-15H2,1H3,(H,22,25)/p+2/t20-/m0/s1. The van der Waals surface area contributed by atoms with E-state index in [2.05, 4.69) is 11.4 Å². The molecular weight excluding hydrogens is 328 g/mol. The van der Waals surface area contributed by atoms with Crippen LogP contribution < -0.4 is 19.9 Å². The van der Waals surface area contributed by atoms with Crippen LogP contribution >= 0.6 is 0 Å². The normalized spacial score (nSPS) is 24.9. The maximum absolute atomic E-state index is 12.3. The number of nitriles is 1. The van der Waals surface area contributed by atoms with Gasteiger partial charge in [-0.1, -0.05) is 18.2 Å². The first kappa shape index (κ1) is 18.7. The van der Waals surface area contributed by atoms with E-state index in [-0.39, 0.29) is 5.91 Å². The van der Waals surface area contributed by atoms with Gasteiger partial charge in [0.25, 0.3) is 5.91 Å². The zero-order valence-electron chi connectivity index (χ0n) is 15.6. The van der Waals surface area contributed by atoms with Crippen molar-refractivity contribution in [2.45, 2.75) is 25.3 Å². The number of nitrogens with one attached hydrogen (secondary N) is 3. The molecule has 1 aliphatic heterocycles. The molecule has 0 aromatic heterocycles. The van der Waals surface area contributed by atoms with Gasteiger partial charge in [0.15, 0.2) is 6.54 Å². The molecule has 1 saturated heterocycles. The molecule has 0 bridgehead atoms. The van der Waals surface area contributed by atoms with Crippen LogP contribution in [-0.4, -0.2) is 57.3 Å². The van der Waals surface area contributed by atoms with Gasteiger partial charge in [0.05, 0.1) is 6.07 Å². The Morgan fingerprint density at radius 2 is 1.88 bits per heavy atom. The smallest absolute Gasteiger partial charge is 0.276 e. The maximum atomic E-state index is 12.3. The van der Waals surface area contributed by atoms with Crippen molar-refractivity contribution in [1.82, 2.24) is 5.32 Å². The van der Waals surface area contributed by atoms with E-state index >= 15 is 0 Å². The molecule has 26 heavy (non-hydrogen) atoms. The van der Waals surface area contributed by atoms with Gasteiger partial charge in [-0.25, -0.2) is 0 Å². The van der Waals surface area contributed by atoms with Crippen molar-refractivity contribution in [3.8, 4) is 11.8 Å². The molecule has 1 aromatic carbocycles. The summed E-state index contributed by atoms with van der Waals surface area (Å²) in [5.41, 5.74) is -0.682. The Hall–Kier alpha value is -2.10. The van der Waals surface area contributed by atoms with Gasteiger partial charge in [-0.2, -0.15) is 5.26 Å². The number of hydrogen-bond donors (Lipinski definition) is 3. The Morgan fingerprint density at radius 3 is 2.50 bits per heavy atom. The number of carbonyl (C=O) groups excluding carboxylic acids is 1. The number of hydrogen-bond acceptors (Lipinski definition) is 3. The number of amides is 1. The molecule has 0 spiro atoms. The first-order chi connectivity index (χ1) is 12.6. The third-order valence-corrected chi connectivity index (χ3v) is 5.57. The molecule has 1 saturated carbocycles. The summed E-state index contributed by atoms with van der Waals surface area (Å²) >= 11 is 0. The fourth-order valence-corrected chi connectivity index (χ4v) is 3.66. The molecule has 0 radical (unpaired) electrons. The third kappa shape index (κ3) is 5.20. The number of nitrogens with zero attached hydrogens (tertiary/aromatic N) is 1. The predicted molar refractivity (Wildman–Crippen MR) is 97.9 cm³/mol. The van der Waals surface area contributed by atoms with Crippen LogP contribution in [0.2, 0.25) is 0 Å². The molecule has 2 fully saturated rings. The van der Waals surface area contributed by atoms with E-state index in [9.17, 15) is 10.1 Å². The van der Waals surface area contributed by atoms with E-state index in [4.69, 9.17) is 4.74 Å². The van der Waals surface area contributed by atoms with Crippen molar-refractivity contribution in [3.05, 3.63) is 30.3 Å². The van der Waals surface area contributed by atoms with Crippen molar-refractivity contribution in [1.29, 1.82) is 5.26 Å². The summed E-state index contributed by atoms with van der Waals surface area (Å²) in [6.45, 7) is 8.11. The lowest BCUT2D eigenvalue weighted by Crippen LogP contribution is -3.28. The van der Waals surface area contributed by atoms with Gasteiger partial charge >= 0.3 is 0 Å². The highest BCUT2D eigenvalue weighted by Crippen LogP contribution is 2.39. The maximum Gasteiger partial charge on any atom is 0.276 e. The molecule has 1 aliphatic carbocycles. The van der Waals surface area contributed by atoms with Gasteiger partial charge in [-0.3, -0.25) is 4.79 Å². The van der Waals surface area contributed by atoms with Crippen LogP contribution in [0.4, 0.5) is 0 Å². The van der Waals surface area contributed by atoms with Crippen molar-refractivity contribution in [3.63, 3.8) is 0 Å². The van der Waals surface area contributed by atoms with Crippen molar-refractivity contribution < 1.29 is 19.3 Å². The van der Waals surface area contributed by atoms with Gasteiger partial charge in [0.2, 0.25) is 0 Å². The van der Waals surface area contributed by atoms with Crippen molar-refractivity contribution >= 4 is 5.91 Å². The molecule has 6 heteroatoms. The molecule has 1 amide bonds. The molecule has 3 rings (SSSR count). The summed E-state index contributed by atoms with van der Waals surface area (Å²) in [7, 11) is 0. The molecule has 0 unspecified atom stereocenters. The number of rotatable bonds is 8. The molecular formula is C20H30N4O2+2. The minimum atomic E-state index is -0.682. The van der Waals surface area contributed by atoms with Crippen LogP contribution in [0.25, 0.3) is 0 Å². The van der Waals surface area contributed by atoms with E-state index < -0.39 is 5.54 Å². The lowest BCUT2D eigenvalue weighted by Gasteiger charge is -2.30. The Bertz CT molecular complexity index is 633. The number of piperazine rings is 1. The summed E-state index contributed by atoms with van der Waals surface area (Å²) in [4.78, 5) is 15.2. The second kappa shape index (κ2) is 8.52. The molecule has 1 heterocycles. The lowest BCUT2D eigenvalue weighted by atomic mass is 9.98. The van der Waals surface area contributed by atoms with Crippen LogP contribution in [0.1, 0.15) is 19.8 Å². The van der Waals surface area contributed by atoms with Gasteiger partial charge in [-0.15, -0.1) is 0 Å². The average Bonchev–Trinajstić information content (AvgIpc) is 3.50. The second-order valence-electron chi connectivity index (χ2n) is 7.72. The Kier molecular flexibility index (Phi) is 6.12. The van der Waals surface area contributed by atoms with Crippen LogP contribution in [0.5, 0.6) is 5.75 Å². The third-order valence-electron chi connectivity index (χ3n) is 5.57. The SMILES string of the molecule is C[C@@](C#N)(NC(=O)C[NH+]1CC[NH+](CCOc2ccccc2)CC1)C1CC1. The quantitative estimate of drug-likeness (QED) is 0.539. The second-order valence-corrected chi connectivity index (χ2v) is 7.72. The Morgan fingerprint density at radius 1 is 1.23 bits per heavy atom. The number of ether oxygens (including phenoxy) is 1. The fourth-order valence-electron chi connectivity index (χ4n) is 3.66.